The third-order valence-electron chi connectivity index (χ3n) is 1.16. The summed E-state index contributed by atoms with van der Waals surface area (Å²) in [5, 5.41) is 8.55. The summed E-state index contributed by atoms with van der Waals surface area (Å²) in [4.78, 5) is 13.6. The Morgan fingerprint density at radius 2 is 2.36 bits per heavy atom. The Labute approximate surface area is 72.2 Å². The molecule has 0 saturated carbocycles. The number of carboxylic acids is 1. The number of halogens is 1. The van der Waals surface area contributed by atoms with Crippen LogP contribution in [0.5, 0.6) is 0 Å². The summed E-state index contributed by atoms with van der Waals surface area (Å²) >= 11 is 2.99. The molecule has 1 heterocycles. The SMILES string of the molecule is O=C(O)[C@H](Br)c1ccccn1. The smallest absolute Gasteiger partial charge is 0.323 e. The maximum Gasteiger partial charge on any atom is 0.323 e. The molecule has 0 spiro atoms. The first kappa shape index (κ1) is 8.20. The molecule has 0 unspecified atom stereocenters. The fourth-order valence-electron chi connectivity index (χ4n) is 0.652. The summed E-state index contributed by atoms with van der Waals surface area (Å²) < 4.78 is 0. The van der Waals surface area contributed by atoms with Crippen molar-refractivity contribution in [2.45, 2.75) is 4.83 Å². The van der Waals surface area contributed by atoms with E-state index in [0.717, 1.165) is 0 Å². The quantitative estimate of drug-likeness (QED) is 0.763. The first-order valence-electron chi connectivity index (χ1n) is 2.99. The number of aliphatic carboxylic acids is 1. The van der Waals surface area contributed by atoms with Gasteiger partial charge >= 0.3 is 5.97 Å². The molecule has 58 valence electrons. The average molecular weight is 216 g/mol. The van der Waals surface area contributed by atoms with Gasteiger partial charge in [-0.05, 0) is 12.1 Å². The number of carbonyl (C=O) groups is 1. The number of pyridine rings is 1. The second-order valence-electron chi connectivity index (χ2n) is 1.96. The van der Waals surface area contributed by atoms with Gasteiger partial charge in [0.2, 0.25) is 0 Å². The highest BCUT2D eigenvalue weighted by Crippen LogP contribution is 2.19. The minimum absolute atomic E-state index is 0.514. The summed E-state index contributed by atoms with van der Waals surface area (Å²) in [6, 6.07) is 5.15. The Morgan fingerprint density at radius 3 is 2.82 bits per heavy atom. The van der Waals surface area contributed by atoms with Crippen LogP contribution >= 0.6 is 15.9 Å². The van der Waals surface area contributed by atoms with Crippen molar-refractivity contribution >= 4 is 21.9 Å². The molecule has 1 aromatic heterocycles. The summed E-state index contributed by atoms with van der Waals surface area (Å²) in [5.74, 6) is -0.927. The molecule has 0 bridgehead atoms. The molecule has 0 aliphatic carbocycles. The molecule has 11 heavy (non-hydrogen) atoms. The van der Waals surface area contributed by atoms with Crippen LogP contribution in [0, 0.1) is 0 Å². The number of carboxylic acid groups (broad SMARTS) is 1. The van der Waals surface area contributed by atoms with Crippen molar-refractivity contribution in [3.8, 4) is 0 Å². The van der Waals surface area contributed by atoms with E-state index in [-0.39, 0.29) is 0 Å². The molecule has 1 N–H and O–H groups in total. The van der Waals surface area contributed by atoms with Crippen molar-refractivity contribution in [1.82, 2.24) is 4.98 Å². The van der Waals surface area contributed by atoms with Crippen molar-refractivity contribution < 1.29 is 9.90 Å². The van der Waals surface area contributed by atoms with Crippen LogP contribution in [0.2, 0.25) is 0 Å². The highest BCUT2D eigenvalue weighted by atomic mass is 79.9. The van der Waals surface area contributed by atoms with Gasteiger partial charge in [0.15, 0.2) is 4.83 Å². The van der Waals surface area contributed by atoms with Crippen molar-refractivity contribution in [3.63, 3.8) is 0 Å². The molecule has 4 heteroatoms. The summed E-state index contributed by atoms with van der Waals surface area (Å²) in [7, 11) is 0. The Morgan fingerprint density at radius 1 is 1.64 bits per heavy atom. The largest absolute Gasteiger partial charge is 0.480 e. The van der Waals surface area contributed by atoms with E-state index in [2.05, 4.69) is 20.9 Å². The van der Waals surface area contributed by atoms with Crippen molar-refractivity contribution in [2.75, 3.05) is 0 Å². The van der Waals surface area contributed by atoms with E-state index in [1.165, 1.54) is 0 Å². The minimum Gasteiger partial charge on any atom is -0.480 e. The van der Waals surface area contributed by atoms with Crippen LogP contribution in [0.4, 0.5) is 0 Å². The van der Waals surface area contributed by atoms with E-state index >= 15 is 0 Å². The van der Waals surface area contributed by atoms with Gasteiger partial charge in [-0.15, -0.1) is 0 Å². The maximum absolute atomic E-state index is 10.4. The number of hydrogen-bond donors (Lipinski definition) is 1. The van der Waals surface area contributed by atoms with E-state index in [1.54, 1.807) is 24.4 Å². The number of aromatic nitrogens is 1. The molecule has 0 fully saturated rings. The van der Waals surface area contributed by atoms with Crippen molar-refractivity contribution in [3.05, 3.63) is 30.1 Å². The van der Waals surface area contributed by atoms with Crippen LogP contribution < -0.4 is 0 Å². The molecule has 0 radical (unpaired) electrons. The van der Waals surface area contributed by atoms with Crippen LogP contribution in [0.25, 0.3) is 0 Å². The fraction of sp³-hybridized carbons (Fsp3) is 0.143. The lowest BCUT2D eigenvalue weighted by Crippen LogP contribution is -2.05. The van der Waals surface area contributed by atoms with Gasteiger partial charge < -0.3 is 5.11 Å². The second-order valence-corrected chi connectivity index (χ2v) is 2.87. The van der Waals surface area contributed by atoms with Crippen LogP contribution in [0.15, 0.2) is 24.4 Å². The number of alkyl halides is 1. The fourth-order valence-corrected chi connectivity index (χ4v) is 0.923. The minimum atomic E-state index is -0.927. The molecule has 1 atom stereocenters. The molecular formula is C7H6BrNO2. The zero-order valence-electron chi connectivity index (χ0n) is 5.57. The predicted octanol–water partition coefficient (Wildman–Crippen LogP) is 1.60. The lowest BCUT2D eigenvalue weighted by atomic mass is 10.3. The molecule has 0 amide bonds. The first-order valence-corrected chi connectivity index (χ1v) is 3.91. The topological polar surface area (TPSA) is 50.2 Å². The van der Waals surface area contributed by atoms with Crippen LogP contribution in [-0.4, -0.2) is 16.1 Å². The monoisotopic (exact) mass is 215 g/mol. The third kappa shape index (κ3) is 2.01. The summed E-state index contributed by atoms with van der Waals surface area (Å²) in [6.45, 7) is 0. The zero-order valence-corrected chi connectivity index (χ0v) is 7.15. The van der Waals surface area contributed by atoms with E-state index in [4.69, 9.17) is 5.11 Å². The van der Waals surface area contributed by atoms with Crippen LogP contribution in [0.3, 0.4) is 0 Å². The van der Waals surface area contributed by atoms with E-state index < -0.39 is 10.8 Å². The van der Waals surface area contributed by atoms with Crippen LogP contribution in [0.1, 0.15) is 10.5 Å². The summed E-state index contributed by atoms with van der Waals surface area (Å²) in [6.07, 6.45) is 1.56. The number of nitrogens with zero attached hydrogens (tertiary/aromatic N) is 1. The molecule has 0 saturated heterocycles. The van der Waals surface area contributed by atoms with E-state index in [1.807, 2.05) is 0 Å². The lowest BCUT2D eigenvalue weighted by Gasteiger charge is -2.01. The van der Waals surface area contributed by atoms with E-state index in [0.29, 0.717) is 5.69 Å². The standard InChI is InChI=1S/C7H6BrNO2/c8-6(7(10)11)5-3-1-2-4-9-5/h1-4,6H,(H,10,11)/t6-/m1/s1. The Hall–Kier alpha value is -0.900. The Balaban J connectivity index is 2.85. The molecule has 0 aliphatic rings. The maximum atomic E-state index is 10.4. The van der Waals surface area contributed by atoms with Crippen molar-refractivity contribution in [2.24, 2.45) is 0 Å². The third-order valence-corrected chi connectivity index (χ3v) is 2.03. The molecule has 1 rings (SSSR count). The van der Waals surface area contributed by atoms with Gasteiger partial charge in [-0.1, -0.05) is 22.0 Å². The predicted molar refractivity (Wildman–Crippen MR) is 43.5 cm³/mol. The highest BCUT2D eigenvalue weighted by Gasteiger charge is 2.15. The van der Waals surface area contributed by atoms with Gasteiger partial charge in [0, 0.05) is 6.20 Å². The average Bonchev–Trinajstić information content (AvgIpc) is 2.05. The molecule has 3 nitrogen and oxygen atoms in total. The highest BCUT2D eigenvalue weighted by molar-refractivity contribution is 9.09. The number of rotatable bonds is 2. The molecular weight excluding hydrogens is 210 g/mol. The Kier molecular flexibility index (Phi) is 2.59. The molecule has 0 aliphatic heterocycles. The van der Waals surface area contributed by atoms with Crippen LogP contribution in [-0.2, 0) is 4.79 Å². The van der Waals surface area contributed by atoms with Gasteiger partial charge in [-0.25, -0.2) is 0 Å². The van der Waals surface area contributed by atoms with Crippen molar-refractivity contribution in [1.29, 1.82) is 0 Å². The second kappa shape index (κ2) is 3.48. The lowest BCUT2D eigenvalue weighted by molar-refractivity contribution is -0.136. The summed E-state index contributed by atoms with van der Waals surface area (Å²) in [5.41, 5.74) is 0.514. The van der Waals surface area contributed by atoms with Gasteiger partial charge in [-0.3, -0.25) is 9.78 Å². The van der Waals surface area contributed by atoms with Gasteiger partial charge in [0.1, 0.15) is 0 Å². The normalized spacial score (nSPS) is 12.5. The van der Waals surface area contributed by atoms with Gasteiger partial charge in [0.25, 0.3) is 0 Å². The van der Waals surface area contributed by atoms with Gasteiger partial charge in [0.05, 0.1) is 5.69 Å². The zero-order chi connectivity index (χ0) is 8.27. The molecule has 1 aromatic rings. The first-order chi connectivity index (χ1) is 5.22. The number of hydrogen-bond acceptors (Lipinski definition) is 2. The van der Waals surface area contributed by atoms with E-state index in [9.17, 15) is 4.79 Å². The Bertz CT molecular complexity index is 250. The van der Waals surface area contributed by atoms with Gasteiger partial charge in [-0.2, -0.15) is 0 Å². The molecule has 0 aromatic carbocycles.